The summed E-state index contributed by atoms with van der Waals surface area (Å²) in [7, 11) is 0. The zero-order valence-electron chi connectivity index (χ0n) is 11.0. The first-order valence-electron chi connectivity index (χ1n) is 6.20. The van der Waals surface area contributed by atoms with Gasteiger partial charge in [0.1, 0.15) is 6.07 Å². The second kappa shape index (κ2) is 4.84. The Kier molecular flexibility index (Phi) is 3.38. The van der Waals surface area contributed by atoms with Crippen LogP contribution in [0.3, 0.4) is 0 Å². The molecule has 1 N–H and O–H groups in total. The molecule has 1 aromatic heterocycles. The monoisotopic (exact) mass is 260 g/mol. The van der Waals surface area contributed by atoms with E-state index in [-0.39, 0.29) is 11.6 Å². The molecule has 1 unspecified atom stereocenters. The number of aromatic nitrogens is 2. The van der Waals surface area contributed by atoms with Gasteiger partial charge < -0.3 is 10.0 Å². The number of carbonyl (C=O) groups is 1. The molecule has 0 amide bonds. The van der Waals surface area contributed by atoms with Crippen molar-refractivity contribution in [3.63, 3.8) is 0 Å². The Balaban J connectivity index is 2.32. The van der Waals surface area contributed by atoms with Crippen molar-refractivity contribution in [2.75, 3.05) is 18.0 Å². The molecule has 0 radical (unpaired) electrons. The van der Waals surface area contributed by atoms with Crippen LogP contribution in [0, 0.1) is 22.7 Å². The molecule has 0 aliphatic carbocycles. The fourth-order valence-corrected chi connectivity index (χ4v) is 2.55. The van der Waals surface area contributed by atoms with Crippen LogP contribution in [0.15, 0.2) is 12.4 Å². The number of nitrogens with zero attached hydrogens (tertiary/aromatic N) is 4. The van der Waals surface area contributed by atoms with Gasteiger partial charge in [-0.1, -0.05) is 13.8 Å². The predicted molar refractivity (Wildman–Crippen MR) is 68.5 cm³/mol. The Morgan fingerprint density at radius 1 is 1.53 bits per heavy atom. The molecular weight excluding hydrogens is 244 g/mol. The highest BCUT2D eigenvalue weighted by molar-refractivity contribution is 5.77. The highest BCUT2D eigenvalue weighted by atomic mass is 16.4. The van der Waals surface area contributed by atoms with Gasteiger partial charge in [-0.25, -0.2) is 9.97 Å². The van der Waals surface area contributed by atoms with Crippen LogP contribution in [0.5, 0.6) is 0 Å². The first-order valence-corrected chi connectivity index (χ1v) is 6.20. The summed E-state index contributed by atoms with van der Waals surface area (Å²) in [6, 6.07) is 2.00. The van der Waals surface area contributed by atoms with Crippen molar-refractivity contribution >= 4 is 11.8 Å². The molecule has 6 nitrogen and oxygen atoms in total. The number of carboxylic acids is 1. The van der Waals surface area contributed by atoms with Crippen molar-refractivity contribution in [1.82, 2.24) is 9.97 Å². The van der Waals surface area contributed by atoms with Gasteiger partial charge in [0, 0.05) is 25.5 Å². The smallest absolute Gasteiger partial charge is 0.311 e. The number of hydrogen-bond donors (Lipinski definition) is 1. The molecular formula is C13H16N4O2. The van der Waals surface area contributed by atoms with Crippen molar-refractivity contribution in [2.45, 2.75) is 20.3 Å². The van der Waals surface area contributed by atoms with E-state index >= 15 is 0 Å². The molecule has 100 valence electrons. The molecule has 0 bridgehead atoms. The average Bonchev–Trinajstić information content (AvgIpc) is 2.85. The fourth-order valence-electron chi connectivity index (χ4n) is 2.55. The van der Waals surface area contributed by atoms with Gasteiger partial charge in [0.25, 0.3) is 0 Å². The minimum absolute atomic E-state index is 0.0252. The summed E-state index contributed by atoms with van der Waals surface area (Å²) < 4.78 is 0. The minimum atomic E-state index is -0.785. The molecule has 2 heterocycles. The quantitative estimate of drug-likeness (QED) is 0.880. The largest absolute Gasteiger partial charge is 0.481 e. The molecule has 2 rings (SSSR count). The lowest BCUT2D eigenvalue weighted by Gasteiger charge is -2.28. The number of hydrogen-bond acceptors (Lipinski definition) is 5. The summed E-state index contributed by atoms with van der Waals surface area (Å²) in [6.45, 7) is 4.78. The van der Waals surface area contributed by atoms with Gasteiger partial charge in [0.05, 0.1) is 5.41 Å². The van der Waals surface area contributed by atoms with Crippen LogP contribution in [0.2, 0.25) is 0 Å². The van der Waals surface area contributed by atoms with E-state index in [2.05, 4.69) is 9.97 Å². The van der Waals surface area contributed by atoms with Crippen LogP contribution in [0.25, 0.3) is 0 Å². The van der Waals surface area contributed by atoms with E-state index in [9.17, 15) is 9.90 Å². The molecule has 0 aromatic carbocycles. The summed E-state index contributed by atoms with van der Waals surface area (Å²) in [5.74, 6) is -0.279. The summed E-state index contributed by atoms with van der Waals surface area (Å²) >= 11 is 0. The molecule has 1 aliphatic rings. The van der Waals surface area contributed by atoms with E-state index in [0.717, 1.165) is 0 Å². The first kappa shape index (κ1) is 13.3. The first-order chi connectivity index (χ1) is 9.01. The SMILES string of the molecule is CC(C)C1(C(=O)O)CCN(c2nccnc2C#N)C1. The molecule has 1 fully saturated rings. The van der Waals surface area contributed by atoms with E-state index in [4.69, 9.17) is 5.26 Å². The lowest BCUT2D eigenvalue weighted by Crippen LogP contribution is -2.39. The van der Waals surface area contributed by atoms with Crippen molar-refractivity contribution in [2.24, 2.45) is 11.3 Å². The minimum Gasteiger partial charge on any atom is -0.481 e. The highest BCUT2D eigenvalue weighted by Crippen LogP contribution is 2.39. The number of anilines is 1. The van der Waals surface area contributed by atoms with Crippen molar-refractivity contribution in [3.8, 4) is 6.07 Å². The molecule has 1 aromatic rings. The normalized spacial score (nSPS) is 22.5. The predicted octanol–water partition coefficient (Wildman–Crippen LogP) is 1.29. The van der Waals surface area contributed by atoms with Gasteiger partial charge in [-0.2, -0.15) is 5.26 Å². The van der Waals surface area contributed by atoms with E-state index in [1.54, 1.807) is 0 Å². The number of nitriles is 1. The lowest BCUT2D eigenvalue weighted by molar-refractivity contribution is -0.150. The zero-order valence-corrected chi connectivity index (χ0v) is 11.0. The second-order valence-corrected chi connectivity index (χ2v) is 5.13. The maximum atomic E-state index is 11.6. The lowest BCUT2D eigenvalue weighted by atomic mass is 9.76. The van der Waals surface area contributed by atoms with Gasteiger partial charge in [0.2, 0.25) is 0 Å². The van der Waals surface area contributed by atoms with Gasteiger partial charge in [-0.05, 0) is 12.3 Å². The number of carboxylic acid groups (broad SMARTS) is 1. The van der Waals surface area contributed by atoms with Crippen LogP contribution >= 0.6 is 0 Å². The van der Waals surface area contributed by atoms with Gasteiger partial charge in [-0.3, -0.25) is 4.79 Å². The molecule has 1 aliphatic heterocycles. The average molecular weight is 260 g/mol. The summed E-state index contributed by atoms with van der Waals surface area (Å²) in [5.41, 5.74) is -0.531. The molecule has 6 heteroatoms. The molecule has 0 saturated carbocycles. The Morgan fingerprint density at radius 3 is 2.74 bits per heavy atom. The third kappa shape index (κ3) is 2.12. The van der Waals surface area contributed by atoms with E-state index in [1.165, 1.54) is 12.4 Å². The fraction of sp³-hybridized carbons (Fsp3) is 0.538. The van der Waals surface area contributed by atoms with Crippen molar-refractivity contribution in [3.05, 3.63) is 18.1 Å². The van der Waals surface area contributed by atoms with Gasteiger partial charge in [0.15, 0.2) is 11.5 Å². The third-order valence-corrected chi connectivity index (χ3v) is 3.92. The molecule has 1 atom stereocenters. The summed E-state index contributed by atoms with van der Waals surface area (Å²) in [4.78, 5) is 21.5. The Bertz CT molecular complexity index is 538. The number of aliphatic carboxylic acids is 1. The Labute approximate surface area is 111 Å². The van der Waals surface area contributed by atoms with E-state index < -0.39 is 11.4 Å². The van der Waals surface area contributed by atoms with Crippen LogP contribution in [-0.2, 0) is 4.79 Å². The maximum absolute atomic E-state index is 11.6. The Hall–Kier alpha value is -2.16. The second-order valence-electron chi connectivity index (χ2n) is 5.13. The third-order valence-electron chi connectivity index (χ3n) is 3.92. The topological polar surface area (TPSA) is 90.1 Å². The summed E-state index contributed by atoms with van der Waals surface area (Å²) in [5, 5.41) is 18.5. The van der Waals surface area contributed by atoms with Gasteiger partial charge in [-0.15, -0.1) is 0 Å². The molecule has 0 spiro atoms. The van der Waals surface area contributed by atoms with Crippen LogP contribution in [0.1, 0.15) is 26.0 Å². The van der Waals surface area contributed by atoms with E-state index in [0.29, 0.717) is 25.3 Å². The van der Waals surface area contributed by atoms with Crippen molar-refractivity contribution < 1.29 is 9.90 Å². The molecule has 19 heavy (non-hydrogen) atoms. The zero-order chi connectivity index (χ0) is 14.0. The molecule has 1 saturated heterocycles. The maximum Gasteiger partial charge on any atom is 0.311 e. The van der Waals surface area contributed by atoms with Crippen LogP contribution < -0.4 is 4.90 Å². The highest BCUT2D eigenvalue weighted by Gasteiger charge is 2.48. The van der Waals surface area contributed by atoms with Crippen LogP contribution in [0.4, 0.5) is 5.82 Å². The Morgan fingerprint density at radius 2 is 2.21 bits per heavy atom. The van der Waals surface area contributed by atoms with Crippen LogP contribution in [-0.4, -0.2) is 34.1 Å². The van der Waals surface area contributed by atoms with E-state index in [1.807, 2.05) is 24.8 Å². The van der Waals surface area contributed by atoms with Crippen molar-refractivity contribution in [1.29, 1.82) is 5.26 Å². The standard InChI is InChI=1S/C13H16N4O2/c1-9(2)13(12(18)19)3-6-17(8-13)11-10(7-14)15-4-5-16-11/h4-5,9H,3,6,8H2,1-2H3,(H,18,19). The van der Waals surface area contributed by atoms with Gasteiger partial charge >= 0.3 is 5.97 Å². The number of rotatable bonds is 3. The summed E-state index contributed by atoms with van der Waals surface area (Å²) in [6.07, 6.45) is 3.54.